The van der Waals surface area contributed by atoms with Crippen molar-refractivity contribution in [2.45, 2.75) is 46.5 Å². The Morgan fingerprint density at radius 3 is 2.88 bits per heavy atom. The quantitative estimate of drug-likeness (QED) is 0.650. The highest BCUT2D eigenvalue weighted by Gasteiger charge is 2.25. The van der Waals surface area contributed by atoms with Crippen LogP contribution in [0.5, 0.6) is 0 Å². The molecule has 0 heterocycles. The van der Waals surface area contributed by atoms with Gasteiger partial charge in [-0.15, -0.1) is 6.58 Å². The van der Waals surface area contributed by atoms with Crippen LogP contribution in [-0.2, 0) is 4.79 Å². The number of rotatable bonds is 4. The van der Waals surface area contributed by atoms with Crippen LogP contribution < -0.4 is 0 Å². The van der Waals surface area contributed by atoms with Gasteiger partial charge in [0.05, 0.1) is 0 Å². The van der Waals surface area contributed by atoms with Crippen LogP contribution in [0.1, 0.15) is 46.5 Å². The second-order valence-electron chi connectivity index (χ2n) is 5.40. The molecule has 0 radical (unpaired) electrons. The maximum atomic E-state index is 11.9. The van der Waals surface area contributed by atoms with Crippen molar-refractivity contribution >= 4 is 5.78 Å². The number of hydrogen-bond donors (Lipinski definition) is 0. The Balaban J connectivity index is 2.54. The Hall–Kier alpha value is -0.850. The van der Waals surface area contributed by atoms with Crippen molar-refractivity contribution in [1.29, 1.82) is 0 Å². The summed E-state index contributed by atoms with van der Waals surface area (Å²) in [6, 6.07) is 0. The van der Waals surface area contributed by atoms with E-state index < -0.39 is 0 Å². The maximum Gasteiger partial charge on any atom is 0.158 e. The van der Waals surface area contributed by atoms with E-state index in [1.165, 1.54) is 5.57 Å². The van der Waals surface area contributed by atoms with Gasteiger partial charge in [0, 0.05) is 5.92 Å². The van der Waals surface area contributed by atoms with Gasteiger partial charge >= 0.3 is 0 Å². The molecule has 90 valence electrons. The molecule has 1 rings (SSSR count). The zero-order valence-corrected chi connectivity index (χ0v) is 10.8. The van der Waals surface area contributed by atoms with Gasteiger partial charge in [0.2, 0.25) is 0 Å². The maximum absolute atomic E-state index is 11.9. The first-order valence-corrected chi connectivity index (χ1v) is 6.37. The van der Waals surface area contributed by atoms with Gasteiger partial charge in [0.15, 0.2) is 5.78 Å². The van der Waals surface area contributed by atoms with Crippen molar-refractivity contribution in [2.75, 3.05) is 0 Å². The van der Waals surface area contributed by atoms with Crippen LogP contribution in [0, 0.1) is 17.8 Å². The highest BCUT2D eigenvalue weighted by Crippen LogP contribution is 2.28. The molecule has 1 aliphatic carbocycles. The van der Waals surface area contributed by atoms with E-state index in [-0.39, 0.29) is 5.92 Å². The molecule has 1 heteroatoms. The van der Waals surface area contributed by atoms with Crippen LogP contribution in [0.2, 0.25) is 0 Å². The number of ketones is 1. The van der Waals surface area contributed by atoms with Crippen molar-refractivity contribution in [3.8, 4) is 0 Å². The summed E-state index contributed by atoms with van der Waals surface area (Å²) >= 11 is 0. The zero-order valence-electron chi connectivity index (χ0n) is 10.8. The summed E-state index contributed by atoms with van der Waals surface area (Å²) in [5, 5.41) is 0. The number of allylic oxidation sites excluding steroid dienone is 3. The summed E-state index contributed by atoms with van der Waals surface area (Å²) in [5.74, 6) is 1.61. The summed E-state index contributed by atoms with van der Waals surface area (Å²) in [4.78, 5) is 11.9. The molecule has 0 saturated heterocycles. The average Bonchev–Trinajstić information content (AvgIpc) is 2.38. The van der Waals surface area contributed by atoms with Gasteiger partial charge in [0.1, 0.15) is 0 Å². The molecule has 0 aromatic heterocycles. The molecule has 0 saturated carbocycles. The van der Waals surface area contributed by atoms with Gasteiger partial charge in [-0.25, -0.2) is 0 Å². The van der Waals surface area contributed by atoms with Crippen molar-refractivity contribution in [3.05, 3.63) is 24.3 Å². The Morgan fingerprint density at radius 2 is 2.25 bits per heavy atom. The minimum atomic E-state index is 0.237. The van der Waals surface area contributed by atoms with Crippen LogP contribution in [0.3, 0.4) is 0 Å². The van der Waals surface area contributed by atoms with Gasteiger partial charge in [0.25, 0.3) is 0 Å². The molecule has 0 spiro atoms. The lowest BCUT2D eigenvalue weighted by Gasteiger charge is -2.21. The Morgan fingerprint density at radius 1 is 1.56 bits per heavy atom. The van der Waals surface area contributed by atoms with Crippen molar-refractivity contribution in [3.63, 3.8) is 0 Å². The fraction of sp³-hybridized carbons (Fsp3) is 0.667. The molecule has 0 N–H and O–H groups in total. The lowest BCUT2D eigenvalue weighted by atomic mass is 9.83. The van der Waals surface area contributed by atoms with E-state index >= 15 is 0 Å². The van der Waals surface area contributed by atoms with Crippen LogP contribution in [0.15, 0.2) is 24.3 Å². The zero-order chi connectivity index (χ0) is 12.1. The highest BCUT2D eigenvalue weighted by molar-refractivity contribution is 5.92. The van der Waals surface area contributed by atoms with Gasteiger partial charge in [-0.3, -0.25) is 4.79 Å². The SMILES string of the molecule is C=C(C)CC[C@H](C)[C@@H]1CC[C@@H](C)C=CC1=O. The van der Waals surface area contributed by atoms with E-state index in [2.05, 4.69) is 33.4 Å². The first-order chi connectivity index (χ1) is 7.50. The largest absolute Gasteiger partial charge is 0.295 e. The third-order valence-electron chi connectivity index (χ3n) is 3.60. The van der Waals surface area contributed by atoms with Gasteiger partial charge in [-0.1, -0.05) is 25.5 Å². The lowest BCUT2D eigenvalue weighted by molar-refractivity contribution is -0.119. The summed E-state index contributed by atoms with van der Waals surface area (Å²) < 4.78 is 0. The number of hydrogen-bond acceptors (Lipinski definition) is 1. The van der Waals surface area contributed by atoms with E-state index in [9.17, 15) is 4.79 Å². The molecule has 0 aliphatic heterocycles. The monoisotopic (exact) mass is 220 g/mol. The highest BCUT2D eigenvalue weighted by atomic mass is 16.1. The van der Waals surface area contributed by atoms with E-state index in [1.807, 2.05) is 0 Å². The molecule has 0 bridgehead atoms. The molecule has 0 aromatic carbocycles. The fourth-order valence-electron chi connectivity index (χ4n) is 2.30. The van der Waals surface area contributed by atoms with E-state index in [0.29, 0.717) is 17.6 Å². The minimum Gasteiger partial charge on any atom is -0.295 e. The average molecular weight is 220 g/mol. The summed E-state index contributed by atoms with van der Waals surface area (Å²) in [6.45, 7) is 10.4. The number of carbonyl (C=O) groups is 1. The predicted molar refractivity (Wildman–Crippen MR) is 69.2 cm³/mol. The Kier molecular flexibility index (Phi) is 4.98. The standard InChI is InChI=1S/C15H24O/c1-11(2)5-8-13(4)14-9-6-12(3)7-10-15(14)16/h7,10,12-14H,1,5-6,8-9H2,2-4H3/t12-,13+,14+/m1/s1. The molecular formula is C15H24O. The molecule has 1 aliphatic rings. The van der Waals surface area contributed by atoms with Gasteiger partial charge in [-0.2, -0.15) is 0 Å². The van der Waals surface area contributed by atoms with E-state index in [0.717, 1.165) is 25.7 Å². The minimum absolute atomic E-state index is 0.237. The molecular weight excluding hydrogens is 196 g/mol. The predicted octanol–water partition coefficient (Wildman–Crippen LogP) is 4.15. The molecule has 0 unspecified atom stereocenters. The summed E-state index contributed by atoms with van der Waals surface area (Å²) in [6.07, 6.45) is 8.19. The van der Waals surface area contributed by atoms with Crippen LogP contribution in [0.25, 0.3) is 0 Å². The van der Waals surface area contributed by atoms with Crippen LogP contribution in [0.4, 0.5) is 0 Å². The molecule has 0 fully saturated rings. The first-order valence-electron chi connectivity index (χ1n) is 6.37. The third kappa shape index (κ3) is 3.96. The topological polar surface area (TPSA) is 17.1 Å². The van der Waals surface area contributed by atoms with Gasteiger partial charge in [-0.05, 0) is 50.5 Å². The summed E-state index contributed by atoms with van der Waals surface area (Å²) in [5.41, 5.74) is 1.22. The molecule has 0 aromatic rings. The van der Waals surface area contributed by atoms with E-state index in [1.54, 1.807) is 6.08 Å². The Bertz CT molecular complexity index is 288. The van der Waals surface area contributed by atoms with Crippen molar-refractivity contribution in [2.24, 2.45) is 17.8 Å². The molecule has 3 atom stereocenters. The second-order valence-corrected chi connectivity index (χ2v) is 5.40. The van der Waals surface area contributed by atoms with Crippen molar-refractivity contribution in [1.82, 2.24) is 0 Å². The first kappa shape index (κ1) is 13.2. The second kappa shape index (κ2) is 6.03. The fourth-order valence-corrected chi connectivity index (χ4v) is 2.30. The number of carbonyl (C=O) groups excluding carboxylic acids is 1. The smallest absolute Gasteiger partial charge is 0.158 e. The lowest BCUT2D eigenvalue weighted by Crippen LogP contribution is -2.20. The van der Waals surface area contributed by atoms with Crippen LogP contribution in [-0.4, -0.2) is 5.78 Å². The Labute approximate surface area is 99.6 Å². The van der Waals surface area contributed by atoms with Crippen LogP contribution >= 0.6 is 0 Å². The normalized spacial score (nSPS) is 27.6. The van der Waals surface area contributed by atoms with Crippen molar-refractivity contribution < 1.29 is 4.79 Å². The van der Waals surface area contributed by atoms with Gasteiger partial charge < -0.3 is 0 Å². The molecule has 0 amide bonds. The molecule has 16 heavy (non-hydrogen) atoms. The van der Waals surface area contributed by atoms with E-state index in [4.69, 9.17) is 0 Å². The third-order valence-corrected chi connectivity index (χ3v) is 3.60. The molecule has 1 nitrogen and oxygen atoms in total. The summed E-state index contributed by atoms with van der Waals surface area (Å²) in [7, 11) is 0.